The number of ether oxygens (including phenoxy) is 1. The summed E-state index contributed by atoms with van der Waals surface area (Å²) in [5.41, 5.74) is 1.20. The van der Waals surface area contributed by atoms with E-state index in [1.807, 2.05) is 24.3 Å². The summed E-state index contributed by atoms with van der Waals surface area (Å²) in [6.07, 6.45) is 6.91. The predicted octanol–water partition coefficient (Wildman–Crippen LogP) is 2.84. The minimum atomic E-state index is -0.502. The number of rotatable bonds is 4. The Morgan fingerprint density at radius 2 is 1.88 bits per heavy atom. The molecule has 2 aliphatic heterocycles. The van der Waals surface area contributed by atoms with Crippen LogP contribution < -0.4 is 5.32 Å². The van der Waals surface area contributed by atoms with E-state index in [1.54, 1.807) is 0 Å². The first kappa shape index (κ1) is 17.5. The summed E-state index contributed by atoms with van der Waals surface area (Å²) in [7, 11) is 0. The summed E-state index contributed by atoms with van der Waals surface area (Å²) >= 11 is 0. The second-order valence-electron chi connectivity index (χ2n) is 7.90. The first-order chi connectivity index (χ1) is 12.7. The van der Waals surface area contributed by atoms with Crippen LogP contribution in [0.5, 0.6) is 0 Å². The number of hydrogen-bond donors (Lipinski definition) is 1. The van der Waals surface area contributed by atoms with Crippen molar-refractivity contribution in [3.8, 4) is 0 Å². The van der Waals surface area contributed by atoms with Crippen LogP contribution in [0.2, 0.25) is 0 Å². The summed E-state index contributed by atoms with van der Waals surface area (Å²) < 4.78 is 5.77. The molecule has 0 unspecified atom stereocenters. The zero-order valence-electron chi connectivity index (χ0n) is 15.3. The zero-order chi connectivity index (χ0) is 18.0. The first-order valence-electron chi connectivity index (χ1n) is 10.0. The number of nitrogens with zero attached hydrogens (tertiary/aromatic N) is 1. The summed E-state index contributed by atoms with van der Waals surface area (Å²) in [5, 5.41) is 3.12. The lowest BCUT2D eigenvalue weighted by atomic mass is 9.74. The molecule has 0 atom stereocenters. The summed E-state index contributed by atoms with van der Waals surface area (Å²) in [4.78, 5) is 27.1. The van der Waals surface area contributed by atoms with Crippen molar-refractivity contribution in [2.45, 2.75) is 50.5 Å². The van der Waals surface area contributed by atoms with Gasteiger partial charge in [-0.15, -0.1) is 0 Å². The van der Waals surface area contributed by atoms with Crippen molar-refractivity contribution in [1.82, 2.24) is 10.2 Å². The van der Waals surface area contributed by atoms with E-state index < -0.39 is 5.60 Å². The number of nitrogens with one attached hydrogen (secondary N) is 1. The molecule has 1 spiro atoms. The SMILES string of the molecule is O=C1O[C@]2(CC[C@H](C(=O)NCCN3CCCCC3)CC2)c2ccccc21. The predicted molar refractivity (Wildman–Crippen MR) is 98.8 cm³/mol. The Hall–Kier alpha value is -1.88. The third kappa shape index (κ3) is 3.37. The molecule has 1 saturated heterocycles. The van der Waals surface area contributed by atoms with Gasteiger partial charge in [0.25, 0.3) is 0 Å². The maximum Gasteiger partial charge on any atom is 0.339 e. The van der Waals surface area contributed by atoms with Crippen molar-refractivity contribution in [2.75, 3.05) is 26.2 Å². The van der Waals surface area contributed by atoms with Gasteiger partial charge in [-0.1, -0.05) is 24.6 Å². The van der Waals surface area contributed by atoms with E-state index in [9.17, 15) is 9.59 Å². The molecule has 1 N–H and O–H groups in total. The Labute approximate surface area is 155 Å². The van der Waals surface area contributed by atoms with Crippen molar-refractivity contribution < 1.29 is 14.3 Å². The second kappa shape index (κ2) is 7.39. The summed E-state index contributed by atoms with van der Waals surface area (Å²) in [5.74, 6) is -0.0204. The lowest BCUT2D eigenvalue weighted by Crippen LogP contribution is -2.42. The number of carbonyl (C=O) groups excluding carboxylic acids is 2. The van der Waals surface area contributed by atoms with Crippen LogP contribution in [0.3, 0.4) is 0 Å². The average Bonchev–Trinajstić information content (AvgIpc) is 2.95. The van der Waals surface area contributed by atoms with Gasteiger partial charge in [0.2, 0.25) is 5.91 Å². The van der Waals surface area contributed by atoms with Gasteiger partial charge in [0.15, 0.2) is 0 Å². The normalized spacial score (nSPS) is 28.6. The fraction of sp³-hybridized carbons (Fsp3) is 0.619. The van der Waals surface area contributed by atoms with Gasteiger partial charge in [0.05, 0.1) is 5.56 Å². The molecule has 1 aliphatic carbocycles. The molecule has 5 heteroatoms. The molecule has 0 aromatic heterocycles. The number of likely N-dealkylation sites (tertiary alicyclic amines) is 1. The maximum absolute atomic E-state index is 12.5. The van der Waals surface area contributed by atoms with E-state index in [0.717, 1.165) is 57.4 Å². The Morgan fingerprint density at radius 1 is 1.15 bits per heavy atom. The van der Waals surface area contributed by atoms with Crippen LogP contribution in [0.15, 0.2) is 24.3 Å². The third-order valence-corrected chi connectivity index (χ3v) is 6.27. The second-order valence-corrected chi connectivity index (χ2v) is 7.90. The number of esters is 1. The Kier molecular flexibility index (Phi) is 4.98. The van der Waals surface area contributed by atoms with Gasteiger partial charge in [-0.3, -0.25) is 4.79 Å². The first-order valence-corrected chi connectivity index (χ1v) is 10.0. The van der Waals surface area contributed by atoms with Gasteiger partial charge >= 0.3 is 5.97 Å². The van der Waals surface area contributed by atoms with Gasteiger partial charge in [-0.05, 0) is 57.7 Å². The molecule has 140 valence electrons. The minimum absolute atomic E-state index is 0.0356. The molecule has 1 amide bonds. The lowest BCUT2D eigenvalue weighted by Gasteiger charge is -2.36. The van der Waals surface area contributed by atoms with Crippen LogP contribution in [0.1, 0.15) is 60.9 Å². The number of carbonyl (C=O) groups is 2. The summed E-state index contributed by atoms with van der Waals surface area (Å²) in [6, 6.07) is 7.67. The molecule has 0 radical (unpaired) electrons. The third-order valence-electron chi connectivity index (χ3n) is 6.27. The largest absolute Gasteiger partial charge is 0.451 e. The van der Waals surface area contributed by atoms with Crippen LogP contribution in [-0.4, -0.2) is 43.0 Å². The van der Waals surface area contributed by atoms with E-state index in [2.05, 4.69) is 10.2 Å². The molecule has 3 aliphatic rings. The van der Waals surface area contributed by atoms with Crippen LogP contribution >= 0.6 is 0 Å². The quantitative estimate of drug-likeness (QED) is 0.843. The lowest BCUT2D eigenvalue weighted by molar-refractivity contribution is -0.128. The van der Waals surface area contributed by atoms with Crippen LogP contribution in [-0.2, 0) is 15.1 Å². The molecular weight excluding hydrogens is 328 g/mol. The van der Waals surface area contributed by atoms with Crippen molar-refractivity contribution in [3.63, 3.8) is 0 Å². The van der Waals surface area contributed by atoms with E-state index in [1.165, 1.54) is 19.3 Å². The molecule has 26 heavy (non-hydrogen) atoms. The molecule has 5 nitrogen and oxygen atoms in total. The number of benzene rings is 1. The van der Waals surface area contributed by atoms with Gasteiger partial charge in [-0.25, -0.2) is 4.79 Å². The molecule has 2 fully saturated rings. The van der Waals surface area contributed by atoms with Gasteiger partial charge in [0.1, 0.15) is 5.60 Å². The van der Waals surface area contributed by atoms with Crippen LogP contribution in [0, 0.1) is 5.92 Å². The van der Waals surface area contributed by atoms with E-state index >= 15 is 0 Å². The molecule has 1 aromatic rings. The summed E-state index contributed by atoms with van der Waals surface area (Å²) in [6.45, 7) is 4.00. The topological polar surface area (TPSA) is 58.6 Å². The molecule has 2 heterocycles. The van der Waals surface area contributed by atoms with Crippen molar-refractivity contribution >= 4 is 11.9 Å². The molecule has 1 aromatic carbocycles. The molecule has 0 bridgehead atoms. The minimum Gasteiger partial charge on any atom is -0.451 e. The van der Waals surface area contributed by atoms with Crippen molar-refractivity contribution in [2.24, 2.45) is 5.92 Å². The highest BCUT2D eigenvalue weighted by atomic mass is 16.6. The van der Waals surface area contributed by atoms with Crippen LogP contribution in [0.25, 0.3) is 0 Å². The maximum atomic E-state index is 12.5. The van der Waals surface area contributed by atoms with Crippen molar-refractivity contribution in [1.29, 1.82) is 0 Å². The number of hydrogen-bond acceptors (Lipinski definition) is 4. The molecule has 1 saturated carbocycles. The van der Waals surface area contributed by atoms with Crippen molar-refractivity contribution in [3.05, 3.63) is 35.4 Å². The Morgan fingerprint density at radius 3 is 2.65 bits per heavy atom. The highest BCUT2D eigenvalue weighted by molar-refractivity contribution is 5.94. The van der Waals surface area contributed by atoms with E-state index in [-0.39, 0.29) is 17.8 Å². The van der Waals surface area contributed by atoms with Gasteiger partial charge in [-0.2, -0.15) is 0 Å². The highest BCUT2D eigenvalue weighted by Gasteiger charge is 2.48. The monoisotopic (exact) mass is 356 g/mol. The average molecular weight is 356 g/mol. The van der Waals surface area contributed by atoms with E-state index in [0.29, 0.717) is 5.56 Å². The van der Waals surface area contributed by atoms with E-state index in [4.69, 9.17) is 4.74 Å². The standard InChI is InChI=1S/C21H28N2O3/c24-19(22-12-15-23-13-4-1-5-14-23)16-8-10-21(11-9-16)18-7-3-2-6-17(18)20(25)26-21/h2-3,6-7,16H,1,4-5,8-15H2,(H,22,24)/t16-,21-. The van der Waals surface area contributed by atoms with Crippen LogP contribution in [0.4, 0.5) is 0 Å². The molecular formula is C21H28N2O3. The number of fused-ring (bicyclic) bond motifs is 2. The zero-order valence-corrected chi connectivity index (χ0v) is 15.3. The Bertz CT molecular complexity index is 674. The van der Waals surface area contributed by atoms with Gasteiger partial charge < -0.3 is 15.0 Å². The smallest absolute Gasteiger partial charge is 0.339 e. The van der Waals surface area contributed by atoms with Gasteiger partial charge in [0, 0.05) is 24.6 Å². The number of amides is 1. The Balaban J connectivity index is 1.28. The molecule has 4 rings (SSSR count). The fourth-order valence-corrected chi connectivity index (χ4v) is 4.73. The highest BCUT2D eigenvalue weighted by Crippen LogP contribution is 2.47. The fourth-order valence-electron chi connectivity index (χ4n) is 4.73. The number of piperidine rings is 1.